The molecule has 2 N–H and O–H groups in total. The van der Waals surface area contributed by atoms with Crippen LogP contribution in [-0.2, 0) is 31.9 Å². The van der Waals surface area contributed by atoms with E-state index in [9.17, 15) is 4.79 Å². The fourth-order valence-electron chi connectivity index (χ4n) is 1.10. The van der Waals surface area contributed by atoms with Crippen LogP contribution in [0.25, 0.3) is 0 Å². The predicted octanol–water partition coefficient (Wildman–Crippen LogP) is -1.25. The monoisotopic (exact) mass is 254 g/mol. The van der Waals surface area contributed by atoms with Crippen molar-refractivity contribution in [2.24, 2.45) is 14.1 Å². The number of carboxylic acid groups (broad SMARTS) is 1. The second-order valence-corrected chi connectivity index (χ2v) is 3.50. The minimum atomic E-state index is -0.888. The van der Waals surface area contributed by atoms with Gasteiger partial charge in [0.15, 0.2) is 0 Å². The van der Waals surface area contributed by atoms with Gasteiger partial charge in [-0.05, 0) is 0 Å². The normalized spacial score (nSPS) is 9.72. The number of nitrogens with zero attached hydrogens (tertiary/aromatic N) is 6. The largest absolute Gasteiger partial charge is 0.481 e. The molecule has 2 aromatic rings. The van der Waals surface area contributed by atoms with E-state index >= 15 is 0 Å². The lowest BCUT2D eigenvalue weighted by atomic mass is 10.3. The van der Waals surface area contributed by atoms with E-state index in [1.807, 2.05) is 0 Å². The fraction of sp³-hybridized carbons (Fsp3) is 0.444. The molecular weight excluding hydrogens is 240 g/mol. The van der Waals surface area contributed by atoms with Crippen LogP contribution in [0, 0.1) is 0 Å². The number of carbonyl (C=O) groups is 1. The number of aliphatic hydroxyl groups excluding tert-OH is 1. The summed E-state index contributed by atoms with van der Waals surface area (Å²) in [5.74, 6) is -0.888. The second-order valence-electron chi connectivity index (χ2n) is 3.50. The highest BCUT2D eigenvalue weighted by Crippen LogP contribution is 1.91. The highest BCUT2D eigenvalue weighted by atomic mass is 16.4. The lowest BCUT2D eigenvalue weighted by Crippen LogP contribution is -1.99. The first-order chi connectivity index (χ1) is 8.51. The maximum atomic E-state index is 10.1. The lowest BCUT2D eigenvalue weighted by molar-refractivity contribution is -0.136. The van der Waals surface area contributed by atoms with Crippen molar-refractivity contribution in [3.05, 3.63) is 23.8 Å². The third kappa shape index (κ3) is 4.70. The Morgan fingerprint density at radius 1 is 1.17 bits per heavy atom. The summed E-state index contributed by atoms with van der Waals surface area (Å²) < 4.78 is 3.02. The van der Waals surface area contributed by atoms with Gasteiger partial charge in [0.1, 0.15) is 5.69 Å². The summed E-state index contributed by atoms with van der Waals surface area (Å²) in [6.45, 7) is -0.0339. The first-order valence-electron chi connectivity index (χ1n) is 5.04. The average molecular weight is 254 g/mol. The van der Waals surface area contributed by atoms with Crippen LogP contribution in [0.4, 0.5) is 0 Å². The zero-order valence-electron chi connectivity index (χ0n) is 10.1. The van der Waals surface area contributed by atoms with Gasteiger partial charge in [-0.15, -0.1) is 10.2 Å². The van der Waals surface area contributed by atoms with Gasteiger partial charge in [0.05, 0.1) is 24.9 Å². The standard InChI is InChI=1S/C5H7N3O2.C4H7N3O/c1-8-3-4(6-7-8)2-5(9)10;1-7-2-4(3-8)5-6-7/h3H,2H2,1H3,(H,9,10);2,8H,3H2,1H3. The second kappa shape index (κ2) is 6.45. The average Bonchev–Trinajstić information content (AvgIpc) is 2.88. The highest BCUT2D eigenvalue weighted by Gasteiger charge is 2.02. The Morgan fingerprint density at radius 2 is 1.67 bits per heavy atom. The Morgan fingerprint density at radius 3 is 1.94 bits per heavy atom. The van der Waals surface area contributed by atoms with Gasteiger partial charge in [0, 0.05) is 20.3 Å². The van der Waals surface area contributed by atoms with Gasteiger partial charge in [-0.1, -0.05) is 10.4 Å². The van der Waals surface area contributed by atoms with Crippen molar-refractivity contribution in [1.82, 2.24) is 30.0 Å². The Balaban J connectivity index is 0.000000184. The number of aliphatic hydroxyl groups is 1. The van der Waals surface area contributed by atoms with E-state index in [1.165, 1.54) is 4.68 Å². The molecule has 0 unspecified atom stereocenters. The van der Waals surface area contributed by atoms with Gasteiger partial charge in [0.25, 0.3) is 0 Å². The maximum Gasteiger partial charge on any atom is 0.309 e. The van der Waals surface area contributed by atoms with Crippen LogP contribution in [0.2, 0.25) is 0 Å². The lowest BCUT2D eigenvalue weighted by Gasteiger charge is -1.83. The summed E-state index contributed by atoms with van der Waals surface area (Å²) in [7, 11) is 3.45. The molecule has 0 fully saturated rings. The molecule has 0 aromatic carbocycles. The van der Waals surface area contributed by atoms with Gasteiger partial charge in [-0.25, -0.2) is 0 Å². The predicted molar refractivity (Wildman–Crippen MR) is 59.3 cm³/mol. The zero-order valence-corrected chi connectivity index (χ0v) is 10.1. The van der Waals surface area contributed by atoms with E-state index in [2.05, 4.69) is 20.6 Å². The van der Waals surface area contributed by atoms with Crippen LogP contribution in [0.3, 0.4) is 0 Å². The van der Waals surface area contributed by atoms with Gasteiger partial charge >= 0.3 is 5.97 Å². The molecule has 0 bridgehead atoms. The van der Waals surface area contributed by atoms with Crippen LogP contribution in [0.15, 0.2) is 12.4 Å². The number of carboxylic acids is 1. The molecule has 0 amide bonds. The van der Waals surface area contributed by atoms with Crippen molar-refractivity contribution in [3.63, 3.8) is 0 Å². The van der Waals surface area contributed by atoms with Gasteiger partial charge in [-0.2, -0.15) is 0 Å². The molecule has 0 aliphatic rings. The molecule has 0 aliphatic heterocycles. The highest BCUT2D eigenvalue weighted by molar-refractivity contribution is 5.69. The Hall–Kier alpha value is -2.29. The summed E-state index contributed by atoms with van der Waals surface area (Å²) in [5.41, 5.74) is 1.09. The number of aromatic nitrogens is 6. The molecule has 0 aliphatic carbocycles. The third-order valence-corrected chi connectivity index (χ3v) is 1.79. The van der Waals surface area contributed by atoms with Gasteiger partial charge in [0.2, 0.25) is 0 Å². The summed E-state index contributed by atoms with van der Waals surface area (Å²) in [6.07, 6.45) is 3.18. The minimum Gasteiger partial charge on any atom is -0.481 e. The number of rotatable bonds is 3. The van der Waals surface area contributed by atoms with Crippen molar-refractivity contribution < 1.29 is 15.0 Å². The first kappa shape index (κ1) is 13.8. The molecule has 9 nitrogen and oxygen atoms in total. The van der Waals surface area contributed by atoms with E-state index < -0.39 is 5.97 Å². The Kier molecular flexibility index (Phi) is 4.93. The topological polar surface area (TPSA) is 119 Å². The van der Waals surface area contributed by atoms with Crippen molar-refractivity contribution in [2.45, 2.75) is 13.0 Å². The van der Waals surface area contributed by atoms with Gasteiger partial charge < -0.3 is 10.2 Å². The summed E-state index contributed by atoms with van der Waals surface area (Å²) in [4.78, 5) is 10.1. The Labute approximate surface area is 103 Å². The summed E-state index contributed by atoms with van der Waals surface area (Å²) in [6, 6.07) is 0. The van der Waals surface area contributed by atoms with Crippen molar-refractivity contribution in [2.75, 3.05) is 0 Å². The van der Waals surface area contributed by atoms with Crippen LogP contribution in [0.1, 0.15) is 11.4 Å². The smallest absolute Gasteiger partial charge is 0.309 e. The van der Waals surface area contributed by atoms with Crippen molar-refractivity contribution in [1.29, 1.82) is 0 Å². The number of hydrogen-bond donors (Lipinski definition) is 2. The molecule has 9 heteroatoms. The SMILES string of the molecule is Cn1cc(CC(=O)O)nn1.Cn1cc(CO)nn1. The molecule has 98 valence electrons. The van der Waals surface area contributed by atoms with Gasteiger partial charge in [-0.3, -0.25) is 14.2 Å². The van der Waals surface area contributed by atoms with E-state index in [0.717, 1.165) is 0 Å². The summed E-state index contributed by atoms with van der Waals surface area (Å²) >= 11 is 0. The molecule has 0 spiro atoms. The molecule has 2 rings (SSSR count). The van der Waals surface area contributed by atoms with E-state index in [4.69, 9.17) is 10.2 Å². The quantitative estimate of drug-likeness (QED) is 0.702. The fourth-order valence-corrected chi connectivity index (χ4v) is 1.10. The molecular formula is C9H14N6O3. The number of hydrogen-bond acceptors (Lipinski definition) is 6. The summed E-state index contributed by atoms with van der Waals surface area (Å²) in [5, 5.41) is 31.1. The molecule has 0 radical (unpaired) electrons. The molecule has 2 aromatic heterocycles. The molecule has 2 heterocycles. The maximum absolute atomic E-state index is 10.1. The first-order valence-corrected chi connectivity index (χ1v) is 5.04. The van der Waals surface area contributed by atoms with Crippen LogP contribution >= 0.6 is 0 Å². The van der Waals surface area contributed by atoms with Crippen LogP contribution in [0.5, 0.6) is 0 Å². The molecule has 0 saturated carbocycles. The van der Waals surface area contributed by atoms with Crippen LogP contribution in [-0.4, -0.2) is 46.2 Å². The van der Waals surface area contributed by atoms with Crippen LogP contribution < -0.4 is 0 Å². The molecule has 18 heavy (non-hydrogen) atoms. The molecule has 0 saturated heterocycles. The minimum absolute atomic E-state index is 0.0339. The Bertz CT molecular complexity index is 506. The number of aryl methyl sites for hydroxylation is 2. The van der Waals surface area contributed by atoms with E-state index in [0.29, 0.717) is 11.4 Å². The third-order valence-electron chi connectivity index (χ3n) is 1.79. The zero-order chi connectivity index (χ0) is 13.5. The van der Waals surface area contributed by atoms with E-state index in [-0.39, 0.29) is 13.0 Å². The number of aliphatic carboxylic acids is 1. The molecule has 0 atom stereocenters. The van der Waals surface area contributed by atoms with Crippen molar-refractivity contribution in [3.8, 4) is 0 Å². The van der Waals surface area contributed by atoms with E-state index in [1.54, 1.807) is 31.2 Å². The van der Waals surface area contributed by atoms with Crippen molar-refractivity contribution >= 4 is 5.97 Å².